The summed E-state index contributed by atoms with van der Waals surface area (Å²) in [6.45, 7) is 0. The maximum absolute atomic E-state index is 11.9. The Hall–Kier alpha value is -1.89. The highest BCUT2D eigenvalue weighted by atomic mass is 16.5. The van der Waals surface area contributed by atoms with E-state index in [0.717, 1.165) is 0 Å². The number of hydrogen-bond donors (Lipinski definition) is 1. The van der Waals surface area contributed by atoms with E-state index < -0.39 is 23.7 Å². The average molecular weight is 239 g/mol. The first-order valence-electron chi connectivity index (χ1n) is 5.07. The van der Waals surface area contributed by atoms with E-state index in [-0.39, 0.29) is 5.69 Å². The molecule has 2 N–H and O–H groups in total. The predicted octanol–water partition coefficient (Wildman–Crippen LogP) is -0.369. The number of nitrogen functional groups attached to an aromatic ring is 1. The molecule has 92 valence electrons. The Morgan fingerprint density at radius 2 is 2.29 bits per heavy atom. The van der Waals surface area contributed by atoms with Gasteiger partial charge >= 0.3 is 5.97 Å². The van der Waals surface area contributed by atoms with Crippen molar-refractivity contribution in [3.63, 3.8) is 0 Å². The molecule has 17 heavy (non-hydrogen) atoms. The summed E-state index contributed by atoms with van der Waals surface area (Å²) >= 11 is 0. The molecule has 0 saturated heterocycles. The van der Waals surface area contributed by atoms with Crippen molar-refractivity contribution < 1.29 is 14.3 Å². The summed E-state index contributed by atoms with van der Waals surface area (Å²) in [5, 5.41) is 0. The Bertz CT molecular complexity index is 511. The molecule has 1 aliphatic heterocycles. The summed E-state index contributed by atoms with van der Waals surface area (Å²) < 4.78 is 11.1. The lowest BCUT2D eigenvalue weighted by atomic mass is 10.2. The number of fused-ring (bicyclic) bond motifs is 1. The van der Waals surface area contributed by atoms with Gasteiger partial charge in [-0.1, -0.05) is 0 Å². The van der Waals surface area contributed by atoms with Crippen molar-refractivity contribution in [3.8, 4) is 0 Å². The molecular weight excluding hydrogens is 226 g/mol. The van der Waals surface area contributed by atoms with E-state index in [9.17, 15) is 9.59 Å². The van der Waals surface area contributed by atoms with E-state index in [1.807, 2.05) is 0 Å². The van der Waals surface area contributed by atoms with Crippen molar-refractivity contribution in [3.05, 3.63) is 22.4 Å². The molecule has 0 aromatic carbocycles. The van der Waals surface area contributed by atoms with Crippen LogP contribution in [-0.2, 0) is 14.3 Å². The van der Waals surface area contributed by atoms with Crippen LogP contribution in [0.2, 0.25) is 0 Å². The molecule has 0 aliphatic carbocycles. The van der Waals surface area contributed by atoms with Crippen LogP contribution in [0, 0.1) is 0 Å². The second-order valence-electron chi connectivity index (χ2n) is 3.75. The van der Waals surface area contributed by atoms with E-state index in [1.165, 1.54) is 25.0 Å². The number of nitrogens with zero attached hydrogens (tertiary/aromatic N) is 2. The van der Waals surface area contributed by atoms with Gasteiger partial charge in [-0.3, -0.25) is 9.36 Å². The first-order chi connectivity index (χ1) is 8.10. The van der Waals surface area contributed by atoms with Gasteiger partial charge in [0.1, 0.15) is 23.7 Å². The van der Waals surface area contributed by atoms with Crippen LogP contribution in [0.25, 0.3) is 0 Å². The minimum absolute atomic E-state index is 0.000550. The van der Waals surface area contributed by atoms with E-state index in [4.69, 9.17) is 10.5 Å². The molecule has 7 nitrogen and oxygen atoms in total. The fourth-order valence-corrected chi connectivity index (χ4v) is 1.99. The lowest BCUT2D eigenvalue weighted by molar-refractivity contribution is -0.144. The molecule has 1 aromatic rings. The molecular formula is C10H13N3O4. The van der Waals surface area contributed by atoms with Gasteiger partial charge in [0.25, 0.3) is 5.56 Å². The fourth-order valence-electron chi connectivity index (χ4n) is 1.99. The van der Waals surface area contributed by atoms with Gasteiger partial charge in [0.05, 0.1) is 13.3 Å². The Kier molecular flexibility index (Phi) is 2.84. The van der Waals surface area contributed by atoms with Crippen molar-refractivity contribution in [2.24, 2.45) is 0 Å². The minimum atomic E-state index is -0.719. The third-order valence-corrected chi connectivity index (χ3v) is 2.84. The number of carbonyl (C=O) groups is 1. The van der Waals surface area contributed by atoms with Crippen LogP contribution in [0.1, 0.15) is 24.4 Å². The van der Waals surface area contributed by atoms with E-state index in [0.29, 0.717) is 12.2 Å². The molecule has 0 spiro atoms. The molecule has 0 unspecified atom stereocenters. The molecule has 7 heteroatoms. The summed E-state index contributed by atoms with van der Waals surface area (Å²) in [6, 6.07) is -0.719. The maximum Gasteiger partial charge on any atom is 0.329 e. The zero-order valence-corrected chi connectivity index (χ0v) is 9.54. The van der Waals surface area contributed by atoms with Gasteiger partial charge in [0.15, 0.2) is 0 Å². The highest BCUT2D eigenvalue weighted by Crippen LogP contribution is 2.34. The monoisotopic (exact) mass is 239 g/mol. The summed E-state index contributed by atoms with van der Waals surface area (Å²) in [5.41, 5.74) is 5.05. The van der Waals surface area contributed by atoms with Crippen molar-refractivity contribution in [1.82, 2.24) is 9.55 Å². The van der Waals surface area contributed by atoms with Gasteiger partial charge in [-0.2, -0.15) is 0 Å². The van der Waals surface area contributed by atoms with Crippen LogP contribution in [-0.4, -0.2) is 29.7 Å². The largest absolute Gasteiger partial charge is 0.467 e. The highest BCUT2D eigenvalue weighted by molar-refractivity contribution is 5.75. The third kappa shape index (κ3) is 1.68. The van der Waals surface area contributed by atoms with Crippen LogP contribution in [0.15, 0.2) is 11.0 Å². The first-order valence-corrected chi connectivity index (χ1v) is 5.07. The van der Waals surface area contributed by atoms with Crippen LogP contribution in [0.3, 0.4) is 0 Å². The summed E-state index contributed by atoms with van der Waals surface area (Å²) in [6.07, 6.45) is 1.21. The van der Waals surface area contributed by atoms with Gasteiger partial charge in [-0.15, -0.1) is 0 Å². The molecule has 2 atom stereocenters. The van der Waals surface area contributed by atoms with Gasteiger partial charge < -0.3 is 15.2 Å². The quantitative estimate of drug-likeness (QED) is 0.707. The van der Waals surface area contributed by atoms with Gasteiger partial charge in [-0.25, -0.2) is 9.78 Å². The molecule has 0 amide bonds. The molecule has 1 aromatic heterocycles. The molecule has 0 saturated carbocycles. The molecule has 0 fully saturated rings. The highest BCUT2D eigenvalue weighted by Gasteiger charge is 2.38. The van der Waals surface area contributed by atoms with E-state index in [2.05, 4.69) is 9.72 Å². The van der Waals surface area contributed by atoms with Crippen molar-refractivity contribution >= 4 is 11.7 Å². The zero-order valence-electron chi connectivity index (χ0n) is 9.54. The number of rotatable bonds is 2. The molecule has 2 rings (SSSR count). The van der Waals surface area contributed by atoms with Gasteiger partial charge in [0.2, 0.25) is 0 Å². The summed E-state index contributed by atoms with van der Waals surface area (Å²) in [4.78, 5) is 27.5. The Morgan fingerprint density at radius 3 is 2.88 bits per heavy atom. The number of hydrogen-bond acceptors (Lipinski definition) is 6. The Balaban J connectivity index is 2.58. The average Bonchev–Trinajstić information content (AvgIpc) is 2.72. The Labute approximate surface area is 97.2 Å². The summed E-state index contributed by atoms with van der Waals surface area (Å²) in [5.74, 6) is -0.0950. The SMILES string of the molecule is COC(=O)[C@@H]1C[C@H](OC)c2ncc(N)c(=O)n21. The lowest BCUT2D eigenvalue weighted by Gasteiger charge is -2.11. The number of nitrogens with two attached hydrogens (primary N) is 1. The minimum Gasteiger partial charge on any atom is -0.467 e. The number of aromatic nitrogens is 2. The van der Waals surface area contributed by atoms with Crippen molar-refractivity contribution in [1.29, 1.82) is 0 Å². The third-order valence-electron chi connectivity index (χ3n) is 2.84. The number of esters is 1. The normalized spacial score (nSPS) is 22.2. The Morgan fingerprint density at radius 1 is 1.59 bits per heavy atom. The smallest absolute Gasteiger partial charge is 0.329 e. The van der Waals surface area contributed by atoms with Gasteiger partial charge in [0, 0.05) is 13.5 Å². The molecule has 0 radical (unpaired) electrons. The van der Waals surface area contributed by atoms with Gasteiger partial charge in [-0.05, 0) is 0 Å². The second-order valence-corrected chi connectivity index (χ2v) is 3.75. The lowest BCUT2D eigenvalue weighted by Crippen LogP contribution is -2.30. The number of ether oxygens (including phenoxy) is 2. The van der Waals surface area contributed by atoms with Crippen LogP contribution in [0.4, 0.5) is 5.69 Å². The van der Waals surface area contributed by atoms with Crippen LogP contribution >= 0.6 is 0 Å². The number of anilines is 1. The number of carbonyl (C=O) groups excluding carboxylic acids is 1. The van der Waals surface area contributed by atoms with Crippen molar-refractivity contribution in [2.75, 3.05) is 20.0 Å². The predicted molar refractivity (Wildman–Crippen MR) is 58.3 cm³/mol. The van der Waals surface area contributed by atoms with E-state index in [1.54, 1.807) is 0 Å². The fraction of sp³-hybridized carbons (Fsp3) is 0.500. The number of methoxy groups -OCH3 is 2. The first kappa shape index (κ1) is 11.6. The molecule has 2 heterocycles. The van der Waals surface area contributed by atoms with Crippen LogP contribution < -0.4 is 11.3 Å². The van der Waals surface area contributed by atoms with Crippen LogP contribution in [0.5, 0.6) is 0 Å². The summed E-state index contributed by atoms with van der Waals surface area (Å²) in [7, 11) is 2.77. The standard InChI is InChI=1S/C10H13N3O4/c1-16-7-3-6(10(15)17-2)13-8(7)12-4-5(11)9(13)14/h4,6-7H,3,11H2,1-2H3/t6-,7-/m0/s1. The molecule has 0 bridgehead atoms. The maximum atomic E-state index is 11.9. The second kappa shape index (κ2) is 4.17. The topological polar surface area (TPSA) is 96.4 Å². The molecule has 1 aliphatic rings. The zero-order chi connectivity index (χ0) is 12.6. The van der Waals surface area contributed by atoms with E-state index >= 15 is 0 Å². The van der Waals surface area contributed by atoms with Crippen molar-refractivity contribution in [2.45, 2.75) is 18.6 Å².